The minimum absolute atomic E-state index is 0.560. The van der Waals surface area contributed by atoms with Crippen molar-refractivity contribution < 1.29 is 14.3 Å². The fourth-order valence-electron chi connectivity index (χ4n) is 2.28. The largest absolute Gasteiger partial charge is 0.490 e. The lowest BCUT2D eigenvalue weighted by Gasteiger charge is -2.16. The van der Waals surface area contributed by atoms with Crippen LogP contribution < -0.4 is 9.47 Å². The first kappa shape index (κ1) is 13.9. The molecule has 1 aliphatic rings. The Bertz CT molecular complexity index is 414. The highest BCUT2D eigenvalue weighted by atomic mass is 16.5. The van der Waals surface area contributed by atoms with Crippen LogP contribution in [0.15, 0.2) is 18.2 Å². The van der Waals surface area contributed by atoms with Crippen molar-refractivity contribution in [1.82, 2.24) is 4.90 Å². The van der Waals surface area contributed by atoms with Gasteiger partial charge in [0.15, 0.2) is 11.5 Å². The summed E-state index contributed by atoms with van der Waals surface area (Å²) in [5.74, 6) is 1.36. The number of likely N-dealkylation sites (tertiary alicyclic amines) is 1. The Morgan fingerprint density at radius 3 is 2.68 bits per heavy atom. The molecule has 1 aromatic rings. The number of nitrogens with zero attached hydrogens (tertiary/aromatic N) is 1. The van der Waals surface area contributed by atoms with Crippen LogP contribution >= 0.6 is 0 Å². The van der Waals surface area contributed by atoms with Gasteiger partial charge >= 0.3 is 0 Å². The number of aldehydes is 1. The van der Waals surface area contributed by atoms with Crippen LogP contribution in [0.3, 0.4) is 0 Å². The molecule has 4 heteroatoms. The topological polar surface area (TPSA) is 38.8 Å². The van der Waals surface area contributed by atoms with Crippen LogP contribution in [0.4, 0.5) is 0 Å². The molecule has 2 rings (SSSR count). The van der Waals surface area contributed by atoms with Crippen LogP contribution in [-0.4, -0.2) is 44.0 Å². The number of hydrogen-bond donors (Lipinski definition) is 0. The third kappa shape index (κ3) is 3.96. The summed E-state index contributed by atoms with van der Waals surface area (Å²) in [6.45, 7) is 6.42. The van der Waals surface area contributed by atoms with Crippen molar-refractivity contribution in [1.29, 1.82) is 0 Å². The standard InChI is InChI=1S/C15H21NO3/c1-2-18-15-11-13(12-17)5-6-14(15)19-10-9-16-7-3-4-8-16/h5-6,11-12H,2-4,7-10H2,1H3. The van der Waals surface area contributed by atoms with Crippen LogP contribution in [0.1, 0.15) is 30.1 Å². The molecule has 1 heterocycles. The van der Waals surface area contributed by atoms with Crippen molar-refractivity contribution in [2.24, 2.45) is 0 Å². The van der Waals surface area contributed by atoms with Gasteiger partial charge in [-0.3, -0.25) is 9.69 Å². The third-order valence-corrected chi connectivity index (χ3v) is 3.27. The van der Waals surface area contributed by atoms with Crippen molar-refractivity contribution in [3.8, 4) is 11.5 Å². The molecule has 1 saturated heterocycles. The number of carbonyl (C=O) groups excluding carboxylic acids is 1. The molecule has 0 atom stereocenters. The summed E-state index contributed by atoms with van der Waals surface area (Å²) in [4.78, 5) is 13.2. The van der Waals surface area contributed by atoms with E-state index in [1.54, 1.807) is 18.2 Å². The lowest BCUT2D eigenvalue weighted by atomic mass is 10.2. The quantitative estimate of drug-likeness (QED) is 0.708. The summed E-state index contributed by atoms with van der Waals surface area (Å²) < 4.78 is 11.3. The molecular formula is C15H21NO3. The maximum Gasteiger partial charge on any atom is 0.161 e. The molecule has 1 fully saturated rings. The lowest BCUT2D eigenvalue weighted by Crippen LogP contribution is -2.25. The molecule has 0 spiro atoms. The summed E-state index contributed by atoms with van der Waals surface area (Å²) in [5, 5.41) is 0. The highest BCUT2D eigenvalue weighted by Crippen LogP contribution is 2.28. The normalized spacial score (nSPS) is 15.4. The summed E-state index contributed by atoms with van der Waals surface area (Å²) in [6, 6.07) is 5.28. The first-order chi connectivity index (χ1) is 9.33. The van der Waals surface area contributed by atoms with Crippen LogP contribution in [0.5, 0.6) is 11.5 Å². The average molecular weight is 263 g/mol. The first-order valence-electron chi connectivity index (χ1n) is 6.90. The molecule has 0 radical (unpaired) electrons. The van der Waals surface area contributed by atoms with Crippen LogP contribution in [0, 0.1) is 0 Å². The predicted molar refractivity (Wildman–Crippen MR) is 74.2 cm³/mol. The van der Waals surface area contributed by atoms with Gasteiger partial charge in [0, 0.05) is 12.1 Å². The fraction of sp³-hybridized carbons (Fsp3) is 0.533. The molecule has 104 valence electrons. The van der Waals surface area contributed by atoms with Gasteiger partial charge in [0.1, 0.15) is 12.9 Å². The predicted octanol–water partition coefficient (Wildman–Crippen LogP) is 2.37. The van der Waals surface area contributed by atoms with Gasteiger partial charge in [0.05, 0.1) is 6.61 Å². The number of hydrogen-bond acceptors (Lipinski definition) is 4. The monoisotopic (exact) mass is 263 g/mol. The molecule has 0 aromatic heterocycles. The fourth-order valence-corrected chi connectivity index (χ4v) is 2.28. The molecule has 0 N–H and O–H groups in total. The maximum absolute atomic E-state index is 10.8. The van der Waals surface area contributed by atoms with Crippen LogP contribution in [-0.2, 0) is 0 Å². The summed E-state index contributed by atoms with van der Waals surface area (Å²) in [7, 11) is 0. The zero-order valence-corrected chi connectivity index (χ0v) is 11.4. The van der Waals surface area contributed by atoms with E-state index in [4.69, 9.17) is 9.47 Å². The molecule has 1 aromatic carbocycles. The van der Waals surface area contributed by atoms with Crippen LogP contribution in [0.25, 0.3) is 0 Å². The minimum atomic E-state index is 0.560. The smallest absolute Gasteiger partial charge is 0.161 e. The second kappa shape index (κ2) is 7.14. The van der Waals surface area contributed by atoms with Gasteiger partial charge in [-0.25, -0.2) is 0 Å². The molecule has 19 heavy (non-hydrogen) atoms. The molecule has 0 unspecified atom stereocenters. The maximum atomic E-state index is 10.8. The van der Waals surface area contributed by atoms with E-state index < -0.39 is 0 Å². The highest BCUT2D eigenvalue weighted by Gasteiger charge is 2.12. The van der Waals surface area contributed by atoms with Crippen molar-refractivity contribution in [2.75, 3.05) is 32.8 Å². The summed E-state index contributed by atoms with van der Waals surface area (Å²) in [5.41, 5.74) is 0.607. The molecule has 1 aliphatic heterocycles. The molecule has 0 bridgehead atoms. The van der Waals surface area contributed by atoms with E-state index >= 15 is 0 Å². The van der Waals surface area contributed by atoms with Crippen LogP contribution in [0.2, 0.25) is 0 Å². The average Bonchev–Trinajstić information content (AvgIpc) is 2.94. The zero-order valence-electron chi connectivity index (χ0n) is 11.4. The molecule has 0 saturated carbocycles. The molecule has 4 nitrogen and oxygen atoms in total. The Morgan fingerprint density at radius 2 is 2.00 bits per heavy atom. The Morgan fingerprint density at radius 1 is 1.21 bits per heavy atom. The number of benzene rings is 1. The highest BCUT2D eigenvalue weighted by molar-refractivity contribution is 5.76. The summed E-state index contributed by atoms with van der Waals surface area (Å²) in [6.07, 6.45) is 3.40. The van der Waals surface area contributed by atoms with Gasteiger partial charge in [-0.2, -0.15) is 0 Å². The Kier molecular flexibility index (Phi) is 5.21. The molecular weight excluding hydrogens is 242 g/mol. The Balaban J connectivity index is 1.91. The molecule has 0 amide bonds. The van der Waals surface area contributed by atoms with Gasteiger partial charge < -0.3 is 9.47 Å². The third-order valence-electron chi connectivity index (χ3n) is 3.27. The Labute approximate surface area is 114 Å². The van der Waals surface area contributed by atoms with Gasteiger partial charge in [-0.1, -0.05) is 0 Å². The first-order valence-corrected chi connectivity index (χ1v) is 6.90. The van der Waals surface area contributed by atoms with E-state index in [0.717, 1.165) is 12.8 Å². The lowest BCUT2D eigenvalue weighted by molar-refractivity contribution is 0.112. The van der Waals surface area contributed by atoms with E-state index in [0.29, 0.717) is 30.3 Å². The second-order valence-corrected chi connectivity index (χ2v) is 4.65. The number of carbonyl (C=O) groups is 1. The van der Waals surface area contributed by atoms with Gasteiger partial charge in [0.2, 0.25) is 0 Å². The second-order valence-electron chi connectivity index (χ2n) is 4.65. The summed E-state index contributed by atoms with van der Waals surface area (Å²) >= 11 is 0. The number of ether oxygens (including phenoxy) is 2. The van der Waals surface area contributed by atoms with Gasteiger partial charge in [-0.15, -0.1) is 0 Å². The van der Waals surface area contributed by atoms with Gasteiger partial charge in [0.25, 0.3) is 0 Å². The SMILES string of the molecule is CCOc1cc(C=O)ccc1OCCN1CCCC1. The van der Waals surface area contributed by atoms with Crippen molar-refractivity contribution in [3.05, 3.63) is 23.8 Å². The van der Waals surface area contributed by atoms with E-state index in [9.17, 15) is 4.79 Å². The zero-order chi connectivity index (χ0) is 13.5. The Hall–Kier alpha value is -1.55. The van der Waals surface area contributed by atoms with E-state index in [-0.39, 0.29) is 0 Å². The van der Waals surface area contributed by atoms with Gasteiger partial charge in [-0.05, 0) is 51.1 Å². The van der Waals surface area contributed by atoms with Crippen molar-refractivity contribution in [3.63, 3.8) is 0 Å². The number of rotatable bonds is 7. The van der Waals surface area contributed by atoms with Crippen molar-refractivity contribution >= 4 is 6.29 Å². The minimum Gasteiger partial charge on any atom is -0.490 e. The molecule has 0 aliphatic carbocycles. The van der Waals surface area contributed by atoms with E-state index in [1.807, 2.05) is 6.92 Å². The van der Waals surface area contributed by atoms with E-state index in [2.05, 4.69) is 4.90 Å². The van der Waals surface area contributed by atoms with Crippen molar-refractivity contribution in [2.45, 2.75) is 19.8 Å². The van der Waals surface area contributed by atoms with E-state index in [1.165, 1.54) is 25.9 Å².